The van der Waals surface area contributed by atoms with Gasteiger partial charge in [0.25, 0.3) is 0 Å². The summed E-state index contributed by atoms with van der Waals surface area (Å²) in [7, 11) is 1.38. The molecule has 172 valence electrons. The lowest BCUT2D eigenvalue weighted by atomic mass is 10.1. The number of para-hydroxylation sites is 1. The summed E-state index contributed by atoms with van der Waals surface area (Å²) in [5.74, 6) is 0.637. The average molecular weight is 518 g/mol. The van der Waals surface area contributed by atoms with Crippen LogP contribution in [0.15, 0.2) is 59.2 Å². The van der Waals surface area contributed by atoms with Crippen LogP contribution in [0, 0.1) is 6.92 Å². The quantitative estimate of drug-likeness (QED) is 0.273. The van der Waals surface area contributed by atoms with E-state index in [1.165, 1.54) is 7.11 Å². The second-order valence-electron chi connectivity index (χ2n) is 8.22. The minimum Gasteiger partial charge on any atom is -0.465 e. The van der Waals surface area contributed by atoms with Crippen LogP contribution in [0.5, 0.6) is 0 Å². The number of fused-ring (bicyclic) bond motifs is 2. The Hall–Kier alpha value is -3.52. The normalized spacial score (nSPS) is 11.4. The highest BCUT2D eigenvalue weighted by Crippen LogP contribution is 2.30. The molecule has 0 amide bonds. The van der Waals surface area contributed by atoms with Crippen LogP contribution in [0.2, 0.25) is 0 Å². The summed E-state index contributed by atoms with van der Waals surface area (Å²) in [5.41, 5.74) is 5.86. The first-order valence-corrected chi connectivity index (χ1v) is 12.0. The number of esters is 1. The lowest BCUT2D eigenvalue weighted by Crippen LogP contribution is -2.08. The molecular weight excluding hydrogens is 494 g/mol. The number of hydrogen-bond donors (Lipinski definition) is 0. The molecule has 0 N–H and O–H groups in total. The number of benzene rings is 2. The summed E-state index contributed by atoms with van der Waals surface area (Å²) in [6, 6.07) is 17.5. The molecule has 0 aliphatic heterocycles. The van der Waals surface area contributed by atoms with Crippen molar-refractivity contribution in [2.24, 2.45) is 0 Å². The molecular formula is C26H24BrN5O2. The van der Waals surface area contributed by atoms with E-state index in [1.807, 2.05) is 43.3 Å². The van der Waals surface area contributed by atoms with Gasteiger partial charge in [-0.1, -0.05) is 25.1 Å². The molecule has 5 aromatic rings. The Balaban J connectivity index is 1.59. The third-order valence-electron chi connectivity index (χ3n) is 5.84. The molecule has 34 heavy (non-hydrogen) atoms. The number of aromatic nitrogens is 5. The number of hydrogen-bond acceptors (Lipinski definition) is 5. The maximum absolute atomic E-state index is 12.3. The van der Waals surface area contributed by atoms with E-state index in [4.69, 9.17) is 19.8 Å². The van der Waals surface area contributed by atoms with Crippen LogP contribution in [-0.2, 0) is 17.7 Å². The van der Waals surface area contributed by atoms with Crippen LogP contribution in [0.4, 0.5) is 0 Å². The Bertz CT molecular complexity index is 1540. The highest BCUT2D eigenvalue weighted by molar-refractivity contribution is 9.10. The van der Waals surface area contributed by atoms with Crippen LogP contribution in [0.1, 0.15) is 40.8 Å². The Morgan fingerprint density at radius 3 is 2.65 bits per heavy atom. The monoisotopic (exact) mass is 517 g/mol. The number of carbonyl (C=O) groups is 1. The smallest absolute Gasteiger partial charge is 0.340 e. The van der Waals surface area contributed by atoms with Gasteiger partial charge in [-0.05, 0) is 71.2 Å². The first kappa shape index (κ1) is 22.3. The minimum atomic E-state index is -0.402. The van der Waals surface area contributed by atoms with Crippen molar-refractivity contribution in [2.45, 2.75) is 33.2 Å². The van der Waals surface area contributed by atoms with Gasteiger partial charge in [-0.2, -0.15) is 5.10 Å². The van der Waals surface area contributed by atoms with Gasteiger partial charge in [0.1, 0.15) is 15.9 Å². The van der Waals surface area contributed by atoms with Crippen LogP contribution < -0.4 is 0 Å². The fourth-order valence-corrected chi connectivity index (χ4v) is 4.79. The van der Waals surface area contributed by atoms with Gasteiger partial charge < -0.3 is 9.30 Å². The third kappa shape index (κ3) is 3.88. The molecule has 0 radical (unpaired) electrons. The first-order valence-electron chi connectivity index (χ1n) is 11.2. The van der Waals surface area contributed by atoms with Crippen molar-refractivity contribution < 1.29 is 9.53 Å². The molecule has 3 heterocycles. The summed E-state index contributed by atoms with van der Waals surface area (Å²) >= 11 is 3.71. The number of halogens is 1. The molecule has 0 aliphatic carbocycles. The third-order valence-corrected chi connectivity index (χ3v) is 6.60. The highest BCUT2D eigenvalue weighted by Gasteiger charge is 2.18. The van der Waals surface area contributed by atoms with E-state index in [1.54, 1.807) is 10.7 Å². The van der Waals surface area contributed by atoms with Gasteiger partial charge in [-0.3, -0.25) is 0 Å². The molecule has 0 fully saturated rings. The zero-order valence-electron chi connectivity index (χ0n) is 19.2. The number of imidazole rings is 1. The van der Waals surface area contributed by atoms with E-state index in [0.717, 1.165) is 56.6 Å². The van der Waals surface area contributed by atoms with Gasteiger partial charge in [0, 0.05) is 17.5 Å². The molecule has 0 aliphatic rings. The van der Waals surface area contributed by atoms with Crippen molar-refractivity contribution in [3.05, 3.63) is 81.8 Å². The predicted octanol–water partition coefficient (Wildman–Crippen LogP) is 5.63. The molecule has 5 rings (SSSR count). The van der Waals surface area contributed by atoms with Gasteiger partial charge in [-0.25, -0.2) is 19.4 Å². The standard InChI is InChI=1S/C26H24BrN5O2/c1-4-7-23-29-21-12-10-16(2)28-25(21)31(23)15-17-11-13-20-19(14-17)24(27)32(30-20)22-9-6-5-8-18(22)26(33)34-3/h5-6,8-14H,4,7,15H2,1-3H3. The predicted molar refractivity (Wildman–Crippen MR) is 135 cm³/mol. The van der Waals surface area contributed by atoms with Crippen molar-refractivity contribution in [1.82, 2.24) is 24.3 Å². The zero-order valence-corrected chi connectivity index (χ0v) is 20.8. The van der Waals surface area contributed by atoms with Gasteiger partial charge in [0.15, 0.2) is 5.65 Å². The fraction of sp³-hybridized carbons (Fsp3) is 0.231. The second-order valence-corrected chi connectivity index (χ2v) is 8.97. The topological polar surface area (TPSA) is 74.8 Å². The van der Waals surface area contributed by atoms with E-state index in [0.29, 0.717) is 17.8 Å². The van der Waals surface area contributed by atoms with Crippen LogP contribution in [0.3, 0.4) is 0 Å². The van der Waals surface area contributed by atoms with Crippen molar-refractivity contribution in [3.63, 3.8) is 0 Å². The van der Waals surface area contributed by atoms with Gasteiger partial charge in [0.05, 0.1) is 30.4 Å². The number of rotatable bonds is 6. The number of aryl methyl sites for hydroxylation is 2. The van der Waals surface area contributed by atoms with E-state index in [9.17, 15) is 4.79 Å². The zero-order chi connectivity index (χ0) is 23.8. The summed E-state index contributed by atoms with van der Waals surface area (Å²) in [6.45, 7) is 4.82. The van der Waals surface area contributed by atoms with E-state index < -0.39 is 5.97 Å². The Morgan fingerprint density at radius 2 is 1.85 bits per heavy atom. The van der Waals surface area contributed by atoms with Gasteiger partial charge >= 0.3 is 5.97 Å². The summed E-state index contributed by atoms with van der Waals surface area (Å²) in [5, 5.41) is 5.70. The molecule has 0 atom stereocenters. The van der Waals surface area contributed by atoms with Gasteiger partial charge in [0.2, 0.25) is 0 Å². The summed E-state index contributed by atoms with van der Waals surface area (Å²) in [4.78, 5) is 21.9. The van der Waals surface area contributed by atoms with E-state index in [-0.39, 0.29) is 0 Å². The Labute approximate surface area is 205 Å². The highest BCUT2D eigenvalue weighted by atomic mass is 79.9. The Morgan fingerprint density at radius 1 is 1.06 bits per heavy atom. The SMILES string of the molecule is CCCc1nc2ccc(C)nc2n1Cc1ccc2nn(-c3ccccc3C(=O)OC)c(Br)c2c1. The van der Waals surface area contributed by atoms with Crippen LogP contribution >= 0.6 is 15.9 Å². The average Bonchev–Trinajstić information content (AvgIpc) is 3.35. The molecule has 0 saturated carbocycles. The Kier molecular flexibility index (Phi) is 5.91. The molecule has 8 heteroatoms. The maximum Gasteiger partial charge on any atom is 0.340 e. The fourth-order valence-electron chi connectivity index (χ4n) is 4.21. The largest absolute Gasteiger partial charge is 0.465 e. The maximum atomic E-state index is 12.3. The number of pyridine rings is 1. The molecule has 0 bridgehead atoms. The molecule has 7 nitrogen and oxygen atoms in total. The van der Waals surface area contributed by atoms with Crippen molar-refractivity contribution >= 4 is 44.0 Å². The molecule has 0 saturated heterocycles. The van der Waals surface area contributed by atoms with Crippen molar-refractivity contribution in [1.29, 1.82) is 0 Å². The number of nitrogens with zero attached hydrogens (tertiary/aromatic N) is 5. The minimum absolute atomic E-state index is 0.402. The molecule has 0 unspecified atom stereocenters. The van der Waals surface area contributed by atoms with Crippen molar-refractivity contribution in [2.75, 3.05) is 7.11 Å². The second kappa shape index (κ2) is 9.02. The summed E-state index contributed by atoms with van der Waals surface area (Å²) in [6.07, 6.45) is 1.91. The first-order chi connectivity index (χ1) is 16.5. The number of methoxy groups -OCH3 is 1. The lowest BCUT2D eigenvalue weighted by Gasteiger charge is -2.09. The summed E-state index contributed by atoms with van der Waals surface area (Å²) < 4.78 is 9.67. The lowest BCUT2D eigenvalue weighted by molar-refractivity contribution is 0.0600. The molecule has 0 spiro atoms. The van der Waals surface area contributed by atoms with E-state index >= 15 is 0 Å². The molecule has 2 aromatic carbocycles. The number of carbonyl (C=O) groups excluding carboxylic acids is 1. The van der Waals surface area contributed by atoms with Gasteiger partial charge in [-0.15, -0.1) is 0 Å². The number of ether oxygens (including phenoxy) is 1. The van der Waals surface area contributed by atoms with Crippen LogP contribution in [0.25, 0.3) is 27.8 Å². The molecule has 3 aromatic heterocycles. The van der Waals surface area contributed by atoms with E-state index in [2.05, 4.69) is 39.6 Å². The van der Waals surface area contributed by atoms with Crippen molar-refractivity contribution in [3.8, 4) is 5.69 Å². The van der Waals surface area contributed by atoms with Crippen LogP contribution in [-0.4, -0.2) is 37.4 Å².